The molecule has 0 spiro atoms. The van der Waals surface area contributed by atoms with Crippen LogP contribution in [0.5, 0.6) is 0 Å². The van der Waals surface area contributed by atoms with E-state index in [2.05, 4.69) is 11.4 Å². The quantitative estimate of drug-likeness (QED) is 0.756. The van der Waals surface area contributed by atoms with E-state index in [9.17, 15) is 0 Å². The van der Waals surface area contributed by atoms with Crippen molar-refractivity contribution in [1.82, 2.24) is 5.32 Å². The molecule has 0 unspecified atom stereocenters. The van der Waals surface area contributed by atoms with Gasteiger partial charge < -0.3 is 10.1 Å². The van der Waals surface area contributed by atoms with Gasteiger partial charge in [-0.15, -0.1) is 0 Å². The van der Waals surface area contributed by atoms with Crippen LogP contribution < -0.4 is 5.32 Å². The largest absolute Gasteiger partial charge is 0.383 e. The lowest BCUT2D eigenvalue weighted by molar-refractivity contribution is 0.190. The first-order valence-electron chi connectivity index (χ1n) is 7.29. The molecule has 20 heavy (non-hydrogen) atoms. The Labute approximate surface area is 131 Å². The van der Waals surface area contributed by atoms with Gasteiger partial charge in [0.05, 0.1) is 6.61 Å². The van der Waals surface area contributed by atoms with Crippen molar-refractivity contribution in [2.24, 2.45) is 5.41 Å². The molecule has 0 aliphatic heterocycles. The fourth-order valence-corrected chi connectivity index (χ4v) is 3.61. The number of ether oxygens (including phenoxy) is 1. The van der Waals surface area contributed by atoms with Crippen LogP contribution in [0.15, 0.2) is 18.2 Å². The van der Waals surface area contributed by atoms with E-state index in [0.29, 0.717) is 10.4 Å². The zero-order valence-electron chi connectivity index (χ0n) is 12.1. The fourth-order valence-electron chi connectivity index (χ4n) is 3.14. The summed E-state index contributed by atoms with van der Waals surface area (Å²) < 4.78 is 5.09. The molecule has 1 aromatic carbocycles. The van der Waals surface area contributed by atoms with Gasteiger partial charge in [-0.3, -0.25) is 0 Å². The minimum absolute atomic E-state index is 0.339. The zero-order chi connectivity index (χ0) is 14.4. The predicted molar refractivity (Wildman–Crippen MR) is 85.8 cm³/mol. The van der Waals surface area contributed by atoms with Crippen molar-refractivity contribution in [3.63, 3.8) is 0 Å². The molecule has 0 atom stereocenters. The lowest BCUT2D eigenvalue weighted by Crippen LogP contribution is -2.35. The smallest absolute Gasteiger partial charge is 0.0587 e. The molecule has 2 nitrogen and oxygen atoms in total. The molecule has 1 aromatic rings. The van der Waals surface area contributed by atoms with Crippen molar-refractivity contribution in [2.75, 3.05) is 26.8 Å². The monoisotopic (exact) mass is 315 g/mol. The third-order valence-corrected chi connectivity index (χ3v) is 4.81. The summed E-state index contributed by atoms with van der Waals surface area (Å²) in [5.74, 6) is 0. The molecular weight excluding hydrogens is 293 g/mol. The maximum atomic E-state index is 6.33. The number of benzene rings is 1. The summed E-state index contributed by atoms with van der Waals surface area (Å²) in [6.07, 6.45) is 6.20. The Morgan fingerprint density at radius 2 is 2.00 bits per heavy atom. The number of hydrogen-bond donors (Lipinski definition) is 1. The number of hydrogen-bond acceptors (Lipinski definition) is 2. The number of nitrogens with one attached hydrogen (secondary N) is 1. The summed E-state index contributed by atoms with van der Waals surface area (Å²) in [5.41, 5.74) is 1.55. The van der Waals surface area contributed by atoms with Gasteiger partial charge in [-0.2, -0.15) is 0 Å². The highest BCUT2D eigenvalue weighted by Gasteiger charge is 2.34. The van der Waals surface area contributed by atoms with Crippen LogP contribution in [0.25, 0.3) is 0 Å². The van der Waals surface area contributed by atoms with E-state index in [1.807, 2.05) is 12.1 Å². The molecule has 112 valence electrons. The summed E-state index contributed by atoms with van der Waals surface area (Å²) >= 11 is 12.3. The summed E-state index contributed by atoms with van der Waals surface area (Å²) in [7, 11) is 1.74. The molecule has 1 fully saturated rings. The first-order valence-corrected chi connectivity index (χ1v) is 8.04. The van der Waals surface area contributed by atoms with Crippen molar-refractivity contribution in [1.29, 1.82) is 0 Å². The Kier molecular flexibility index (Phi) is 6.16. The molecule has 0 aromatic heterocycles. The lowest BCUT2D eigenvalue weighted by Gasteiger charge is -2.30. The van der Waals surface area contributed by atoms with Crippen molar-refractivity contribution in [3.8, 4) is 0 Å². The van der Waals surface area contributed by atoms with Crippen LogP contribution in [0.1, 0.15) is 31.2 Å². The molecule has 1 aliphatic carbocycles. The Morgan fingerprint density at radius 3 is 2.65 bits per heavy atom. The molecule has 4 heteroatoms. The average Bonchev–Trinajstić information content (AvgIpc) is 2.87. The van der Waals surface area contributed by atoms with E-state index in [-0.39, 0.29) is 0 Å². The van der Waals surface area contributed by atoms with E-state index in [4.69, 9.17) is 27.9 Å². The molecule has 0 bridgehead atoms. The Bertz CT molecular complexity index is 430. The van der Waals surface area contributed by atoms with Gasteiger partial charge in [0.25, 0.3) is 0 Å². The van der Waals surface area contributed by atoms with E-state index < -0.39 is 0 Å². The minimum atomic E-state index is 0.339. The maximum absolute atomic E-state index is 6.33. The third kappa shape index (κ3) is 4.36. The fraction of sp³-hybridized carbons (Fsp3) is 0.625. The molecule has 2 rings (SSSR count). The Morgan fingerprint density at radius 1 is 1.25 bits per heavy atom. The van der Waals surface area contributed by atoms with Crippen LogP contribution in [0.2, 0.25) is 10.0 Å². The van der Waals surface area contributed by atoms with Crippen molar-refractivity contribution >= 4 is 23.2 Å². The third-order valence-electron chi connectivity index (χ3n) is 4.23. The van der Waals surface area contributed by atoms with Crippen LogP contribution >= 0.6 is 23.2 Å². The average molecular weight is 316 g/mol. The normalized spacial score (nSPS) is 17.6. The van der Waals surface area contributed by atoms with Crippen LogP contribution in [0.3, 0.4) is 0 Å². The molecule has 1 N–H and O–H groups in total. The van der Waals surface area contributed by atoms with Gasteiger partial charge in [-0.05, 0) is 42.4 Å². The SMILES string of the molecule is COCCNCC1(Cc2ccc(Cl)cc2Cl)CCCC1. The highest BCUT2D eigenvalue weighted by molar-refractivity contribution is 6.35. The molecular formula is C16H23Cl2NO. The standard InChI is InChI=1S/C16H23Cl2NO/c1-20-9-8-19-12-16(6-2-3-7-16)11-13-4-5-14(17)10-15(13)18/h4-5,10,19H,2-3,6-9,11-12H2,1H3. The van der Waals surface area contributed by atoms with E-state index >= 15 is 0 Å². The summed E-state index contributed by atoms with van der Waals surface area (Å²) in [4.78, 5) is 0. The van der Waals surface area contributed by atoms with Gasteiger partial charge in [-0.25, -0.2) is 0 Å². The minimum Gasteiger partial charge on any atom is -0.383 e. The molecule has 0 amide bonds. The van der Waals surface area contributed by atoms with Gasteiger partial charge in [0, 0.05) is 30.2 Å². The van der Waals surface area contributed by atoms with Gasteiger partial charge >= 0.3 is 0 Å². The van der Waals surface area contributed by atoms with Crippen LogP contribution in [-0.2, 0) is 11.2 Å². The summed E-state index contributed by atoms with van der Waals surface area (Å²) in [5, 5.41) is 5.02. The zero-order valence-corrected chi connectivity index (χ0v) is 13.6. The second kappa shape index (κ2) is 7.65. The first-order chi connectivity index (χ1) is 9.65. The van der Waals surface area contributed by atoms with Crippen molar-refractivity contribution < 1.29 is 4.74 Å². The van der Waals surface area contributed by atoms with E-state index in [1.54, 1.807) is 7.11 Å². The van der Waals surface area contributed by atoms with Crippen LogP contribution in [-0.4, -0.2) is 26.8 Å². The van der Waals surface area contributed by atoms with Gasteiger partial charge in [0.2, 0.25) is 0 Å². The molecule has 0 heterocycles. The van der Waals surface area contributed by atoms with E-state index in [1.165, 1.54) is 31.2 Å². The first kappa shape index (κ1) is 16.1. The molecule has 0 radical (unpaired) electrons. The van der Waals surface area contributed by atoms with Crippen molar-refractivity contribution in [2.45, 2.75) is 32.1 Å². The molecule has 0 saturated heterocycles. The number of methoxy groups -OCH3 is 1. The van der Waals surface area contributed by atoms with Crippen LogP contribution in [0.4, 0.5) is 0 Å². The second-order valence-corrected chi connectivity index (χ2v) is 6.63. The highest BCUT2D eigenvalue weighted by atomic mass is 35.5. The summed E-state index contributed by atoms with van der Waals surface area (Å²) in [6.45, 7) is 2.71. The topological polar surface area (TPSA) is 21.3 Å². The highest BCUT2D eigenvalue weighted by Crippen LogP contribution is 2.41. The maximum Gasteiger partial charge on any atom is 0.0587 e. The van der Waals surface area contributed by atoms with Gasteiger partial charge in [0.15, 0.2) is 0 Å². The molecule has 1 aliphatic rings. The van der Waals surface area contributed by atoms with Gasteiger partial charge in [-0.1, -0.05) is 42.1 Å². The van der Waals surface area contributed by atoms with Crippen LogP contribution in [0, 0.1) is 5.41 Å². The lowest BCUT2D eigenvalue weighted by atomic mass is 9.80. The number of rotatable bonds is 7. The Hall–Kier alpha value is -0.280. The number of halogens is 2. The van der Waals surface area contributed by atoms with Gasteiger partial charge in [0.1, 0.15) is 0 Å². The predicted octanol–water partition coefficient (Wildman–Crippen LogP) is 4.33. The van der Waals surface area contributed by atoms with Crippen molar-refractivity contribution in [3.05, 3.63) is 33.8 Å². The Balaban J connectivity index is 2.01. The summed E-state index contributed by atoms with van der Waals surface area (Å²) in [6, 6.07) is 5.85. The second-order valence-electron chi connectivity index (χ2n) is 5.79. The molecule has 1 saturated carbocycles. The van der Waals surface area contributed by atoms with E-state index in [0.717, 1.165) is 31.1 Å².